The third-order valence-electron chi connectivity index (χ3n) is 7.57. The lowest BCUT2D eigenvalue weighted by molar-refractivity contribution is 0.101. The number of ketones is 1. The van der Waals surface area contributed by atoms with E-state index in [0.717, 1.165) is 25.2 Å². The molecule has 0 spiro atoms. The van der Waals surface area contributed by atoms with E-state index < -0.39 is 0 Å². The van der Waals surface area contributed by atoms with Crippen molar-refractivity contribution < 1.29 is 24.1 Å². The van der Waals surface area contributed by atoms with Crippen LogP contribution in [0.5, 0.6) is 23.0 Å². The lowest BCUT2D eigenvalue weighted by atomic mass is 9.83. The first-order chi connectivity index (χ1) is 18.0. The predicted molar refractivity (Wildman–Crippen MR) is 137 cm³/mol. The molecule has 3 aromatic rings. The minimum absolute atomic E-state index is 0.0538. The Hall–Kier alpha value is -4.04. The van der Waals surface area contributed by atoms with Gasteiger partial charge >= 0.3 is 0 Å². The number of hydrogen-bond donors (Lipinski definition) is 1. The molecule has 8 nitrogen and oxygen atoms in total. The van der Waals surface area contributed by atoms with Gasteiger partial charge < -0.3 is 23.9 Å². The molecular weight excluding hydrogens is 472 g/mol. The Balaban J connectivity index is 1.29. The van der Waals surface area contributed by atoms with Crippen molar-refractivity contribution in [2.75, 3.05) is 27.3 Å². The fraction of sp³-hybridized carbons (Fsp3) is 0.310. The summed E-state index contributed by atoms with van der Waals surface area (Å²) in [6.45, 7) is 2.71. The van der Waals surface area contributed by atoms with Gasteiger partial charge in [0, 0.05) is 49.4 Å². The molecular formula is C29H28N2O6. The molecule has 4 heterocycles. The van der Waals surface area contributed by atoms with Crippen LogP contribution in [0.3, 0.4) is 0 Å². The Labute approximate surface area is 214 Å². The number of allylic oxidation sites excluding steroid dienone is 1. The Kier molecular flexibility index (Phi) is 5.76. The number of aromatic nitrogens is 1. The molecule has 2 atom stereocenters. The highest BCUT2D eigenvalue weighted by Crippen LogP contribution is 2.43. The zero-order valence-corrected chi connectivity index (χ0v) is 20.8. The summed E-state index contributed by atoms with van der Waals surface area (Å²) >= 11 is 0. The maximum Gasteiger partial charge on any atom is 0.250 e. The van der Waals surface area contributed by atoms with Crippen LogP contribution in [0.15, 0.2) is 59.1 Å². The molecule has 0 saturated carbocycles. The summed E-state index contributed by atoms with van der Waals surface area (Å²) in [5.74, 6) is 2.07. The number of nitrogens with zero attached hydrogens (tertiary/aromatic N) is 2. The van der Waals surface area contributed by atoms with E-state index in [1.54, 1.807) is 44.6 Å². The number of phenols is 1. The highest BCUT2D eigenvalue weighted by Gasteiger charge is 2.37. The molecule has 2 aromatic carbocycles. The van der Waals surface area contributed by atoms with Crippen LogP contribution >= 0.6 is 0 Å². The maximum atomic E-state index is 13.2. The lowest BCUT2D eigenvalue weighted by Crippen LogP contribution is -2.46. The molecule has 190 valence electrons. The zero-order chi connectivity index (χ0) is 25.7. The van der Waals surface area contributed by atoms with Gasteiger partial charge in [-0.1, -0.05) is 18.2 Å². The van der Waals surface area contributed by atoms with Gasteiger partial charge in [0.25, 0.3) is 5.56 Å². The molecule has 1 aromatic heterocycles. The molecule has 1 N–H and O–H groups in total. The lowest BCUT2D eigenvalue weighted by Gasteiger charge is -2.42. The van der Waals surface area contributed by atoms with Crippen LogP contribution < -0.4 is 19.8 Å². The van der Waals surface area contributed by atoms with Crippen LogP contribution in [-0.4, -0.2) is 47.7 Å². The van der Waals surface area contributed by atoms with E-state index in [4.69, 9.17) is 14.2 Å². The third kappa shape index (κ3) is 3.97. The number of benzene rings is 2. The van der Waals surface area contributed by atoms with Crippen molar-refractivity contribution in [3.05, 3.63) is 87.0 Å². The van der Waals surface area contributed by atoms with Crippen molar-refractivity contribution in [2.45, 2.75) is 25.4 Å². The van der Waals surface area contributed by atoms with Crippen molar-refractivity contribution in [1.82, 2.24) is 9.47 Å². The standard InChI is InChI=1S/C29H28N2O6/c1-35-24-7-3-5-18(28(24)36-2)12-25-27(34)20-9-10-23(32)21(29(20)37-25)16-30-13-17-11-19(15-30)22-6-4-8-26(33)31(22)14-17/h3-10,12,17,19,32H,11,13-16H2,1-2H3/b25-12-/t17-,19?/m1/s1. The molecule has 0 radical (unpaired) electrons. The molecule has 0 amide bonds. The van der Waals surface area contributed by atoms with E-state index in [2.05, 4.69) is 4.90 Å². The first kappa shape index (κ1) is 23.4. The van der Waals surface area contributed by atoms with Crippen molar-refractivity contribution in [3.8, 4) is 23.0 Å². The molecule has 6 rings (SSSR count). The molecule has 0 aliphatic carbocycles. The number of carbonyl (C=O) groups excluding carboxylic acids is 1. The smallest absolute Gasteiger partial charge is 0.250 e. The number of carbonyl (C=O) groups is 1. The number of aromatic hydroxyl groups is 1. The first-order valence-electron chi connectivity index (χ1n) is 12.4. The number of phenolic OH excluding ortho intramolecular Hbond substituents is 1. The number of fused-ring (bicyclic) bond motifs is 5. The van der Waals surface area contributed by atoms with E-state index in [0.29, 0.717) is 52.9 Å². The molecule has 1 saturated heterocycles. The van der Waals surface area contributed by atoms with Gasteiger partial charge in [0.05, 0.1) is 25.3 Å². The topological polar surface area (TPSA) is 90.2 Å². The average Bonchev–Trinajstić information content (AvgIpc) is 3.21. The molecule has 1 fully saturated rings. The number of pyridine rings is 1. The van der Waals surface area contributed by atoms with Gasteiger partial charge in [-0.15, -0.1) is 0 Å². The Morgan fingerprint density at radius 3 is 2.68 bits per heavy atom. The van der Waals surface area contributed by atoms with Gasteiger partial charge in [-0.3, -0.25) is 14.5 Å². The van der Waals surface area contributed by atoms with Crippen LogP contribution in [0.4, 0.5) is 0 Å². The minimum Gasteiger partial charge on any atom is -0.507 e. The van der Waals surface area contributed by atoms with Crippen molar-refractivity contribution >= 4 is 11.9 Å². The highest BCUT2D eigenvalue weighted by molar-refractivity contribution is 6.15. The Bertz CT molecular complexity index is 1490. The van der Waals surface area contributed by atoms with Gasteiger partial charge in [0.1, 0.15) is 11.5 Å². The summed E-state index contributed by atoms with van der Waals surface area (Å²) < 4.78 is 18.9. The second-order valence-electron chi connectivity index (χ2n) is 9.85. The van der Waals surface area contributed by atoms with Crippen molar-refractivity contribution in [1.29, 1.82) is 0 Å². The first-order valence-corrected chi connectivity index (χ1v) is 12.4. The number of ether oxygens (including phenoxy) is 3. The van der Waals surface area contributed by atoms with Crippen LogP contribution in [0, 0.1) is 5.92 Å². The molecule has 3 aliphatic heterocycles. The summed E-state index contributed by atoms with van der Waals surface area (Å²) in [7, 11) is 3.10. The number of Topliss-reactive ketones (excluding diaryl/α,β-unsaturated/α-hetero) is 1. The van der Waals surface area contributed by atoms with Gasteiger partial charge in [0.2, 0.25) is 5.78 Å². The third-order valence-corrected chi connectivity index (χ3v) is 7.57. The summed E-state index contributed by atoms with van der Waals surface area (Å²) in [6.07, 6.45) is 2.69. The number of piperidine rings is 1. The van der Waals surface area contributed by atoms with E-state index in [1.165, 1.54) is 0 Å². The molecule has 8 heteroatoms. The second-order valence-corrected chi connectivity index (χ2v) is 9.85. The van der Waals surface area contributed by atoms with Crippen molar-refractivity contribution in [2.24, 2.45) is 5.92 Å². The maximum absolute atomic E-state index is 13.2. The molecule has 1 unspecified atom stereocenters. The summed E-state index contributed by atoms with van der Waals surface area (Å²) in [4.78, 5) is 27.9. The van der Waals surface area contributed by atoms with E-state index in [1.807, 2.05) is 28.8 Å². The number of methoxy groups -OCH3 is 2. The number of para-hydroxylation sites is 1. The van der Waals surface area contributed by atoms with E-state index in [9.17, 15) is 14.7 Å². The summed E-state index contributed by atoms with van der Waals surface area (Å²) in [5.41, 5.74) is 2.80. The van der Waals surface area contributed by atoms with Gasteiger partial charge in [-0.05, 0) is 42.7 Å². The largest absolute Gasteiger partial charge is 0.507 e. The van der Waals surface area contributed by atoms with Crippen molar-refractivity contribution in [3.63, 3.8) is 0 Å². The Morgan fingerprint density at radius 1 is 1.03 bits per heavy atom. The average molecular weight is 501 g/mol. The van der Waals surface area contributed by atoms with Gasteiger partial charge in [0.15, 0.2) is 17.3 Å². The molecule has 37 heavy (non-hydrogen) atoms. The summed E-state index contributed by atoms with van der Waals surface area (Å²) in [5, 5.41) is 10.8. The van der Waals surface area contributed by atoms with Crippen LogP contribution in [0.1, 0.15) is 39.5 Å². The Morgan fingerprint density at radius 2 is 1.86 bits per heavy atom. The van der Waals surface area contributed by atoms with E-state index >= 15 is 0 Å². The normalized spacial score (nSPS) is 21.4. The zero-order valence-electron chi connectivity index (χ0n) is 20.8. The van der Waals surface area contributed by atoms with Crippen LogP contribution in [-0.2, 0) is 13.1 Å². The number of likely N-dealkylation sites (tertiary alicyclic amines) is 1. The minimum atomic E-state index is -0.245. The second kappa shape index (κ2) is 9.12. The molecule has 2 bridgehead atoms. The fourth-order valence-corrected chi connectivity index (χ4v) is 5.96. The van der Waals surface area contributed by atoms with Crippen LogP contribution in [0.25, 0.3) is 6.08 Å². The predicted octanol–water partition coefficient (Wildman–Crippen LogP) is 3.81. The highest BCUT2D eigenvalue weighted by atomic mass is 16.5. The monoisotopic (exact) mass is 500 g/mol. The van der Waals surface area contributed by atoms with Gasteiger partial charge in [-0.2, -0.15) is 0 Å². The van der Waals surface area contributed by atoms with E-state index in [-0.39, 0.29) is 28.8 Å². The summed E-state index contributed by atoms with van der Waals surface area (Å²) in [6, 6.07) is 14.1. The molecule has 3 aliphatic rings. The van der Waals surface area contributed by atoms with Gasteiger partial charge in [-0.25, -0.2) is 0 Å². The van der Waals surface area contributed by atoms with Crippen LogP contribution in [0.2, 0.25) is 0 Å². The number of rotatable bonds is 5. The number of hydrogen-bond acceptors (Lipinski definition) is 7. The SMILES string of the molecule is COc1cccc(/C=C2\Oc3c(ccc(O)c3CN3CC4C[C@H](C3)Cn3c4cccc3=O)C2=O)c1OC. The quantitative estimate of drug-likeness (QED) is 0.533. The fourth-order valence-electron chi connectivity index (χ4n) is 5.96.